The summed E-state index contributed by atoms with van der Waals surface area (Å²) in [6, 6.07) is 19.1. The van der Waals surface area contributed by atoms with Crippen LogP contribution in [0, 0.1) is 0 Å². The van der Waals surface area contributed by atoms with Crippen molar-refractivity contribution >= 4 is 10.9 Å². The fourth-order valence-electron chi connectivity index (χ4n) is 2.69. The molecule has 0 atom stereocenters. The number of nitrogens with zero attached hydrogens (tertiary/aromatic N) is 1. The largest absolute Gasteiger partial charge is 0.256 e. The fraction of sp³-hybridized carbons (Fsp3) is 0.211. The van der Waals surface area contributed by atoms with Gasteiger partial charge in [-0.05, 0) is 22.6 Å². The van der Waals surface area contributed by atoms with E-state index in [0.29, 0.717) is 0 Å². The molecule has 1 heteroatoms. The van der Waals surface area contributed by atoms with Gasteiger partial charge in [0.15, 0.2) is 0 Å². The minimum absolute atomic E-state index is 0.119. The lowest BCUT2D eigenvalue weighted by molar-refractivity contribution is 0.592. The lowest BCUT2D eigenvalue weighted by Crippen LogP contribution is -2.12. The highest BCUT2D eigenvalue weighted by Gasteiger charge is 2.19. The van der Waals surface area contributed by atoms with Crippen LogP contribution in [0.15, 0.2) is 60.8 Å². The Morgan fingerprint density at radius 1 is 0.750 bits per heavy atom. The first-order valence-corrected chi connectivity index (χ1v) is 7.01. The summed E-state index contributed by atoms with van der Waals surface area (Å²) in [6.45, 7) is 6.76. The van der Waals surface area contributed by atoms with E-state index in [0.717, 1.165) is 5.52 Å². The number of fused-ring (bicyclic) bond motifs is 1. The van der Waals surface area contributed by atoms with E-state index >= 15 is 0 Å². The van der Waals surface area contributed by atoms with Gasteiger partial charge in [-0.15, -0.1) is 0 Å². The van der Waals surface area contributed by atoms with Crippen LogP contribution in [0.5, 0.6) is 0 Å². The van der Waals surface area contributed by atoms with Crippen molar-refractivity contribution in [3.63, 3.8) is 0 Å². The van der Waals surface area contributed by atoms with Gasteiger partial charge >= 0.3 is 0 Å². The van der Waals surface area contributed by atoms with E-state index in [1.165, 1.54) is 22.1 Å². The van der Waals surface area contributed by atoms with Crippen molar-refractivity contribution in [3.05, 3.63) is 66.4 Å². The van der Waals surface area contributed by atoms with Crippen LogP contribution in [0.2, 0.25) is 0 Å². The van der Waals surface area contributed by atoms with E-state index in [9.17, 15) is 0 Å². The van der Waals surface area contributed by atoms with Crippen molar-refractivity contribution in [3.8, 4) is 11.1 Å². The third-order valence-corrected chi connectivity index (χ3v) is 3.66. The SMILES string of the molecule is CC(C)(C)c1ccccc1-c1cccc2cccnc12. The van der Waals surface area contributed by atoms with Crippen LogP contribution in [0.25, 0.3) is 22.0 Å². The van der Waals surface area contributed by atoms with Gasteiger partial charge in [-0.3, -0.25) is 4.98 Å². The zero-order valence-electron chi connectivity index (χ0n) is 12.2. The Bertz CT molecular complexity index is 746. The molecule has 3 rings (SSSR count). The van der Waals surface area contributed by atoms with Gasteiger partial charge in [0.05, 0.1) is 5.52 Å². The number of hydrogen-bond acceptors (Lipinski definition) is 1. The number of rotatable bonds is 1. The van der Waals surface area contributed by atoms with Crippen LogP contribution in [-0.4, -0.2) is 4.98 Å². The predicted molar refractivity (Wildman–Crippen MR) is 85.9 cm³/mol. The van der Waals surface area contributed by atoms with E-state index < -0.39 is 0 Å². The Kier molecular flexibility index (Phi) is 3.06. The summed E-state index contributed by atoms with van der Waals surface area (Å²) in [5, 5.41) is 1.19. The first-order valence-electron chi connectivity index (χ1n) is 7.01. The molecule has 1 heterocycles. The molecule has 2 aromatic carbocycles. The van der Waals surface area contributed by atoms with Gasteiger partial charge in [-0.2, -0.15) is 0 Å². The quantitative estimate of drug-likeness (QED) is 0.586. The van der Waals surface area contributed by atoms with Crippen molar-refractivity contribution in [2.24, 2.45) is 0 Å². The van der Waals surface area contributed by atoms with Crippen molar-refractivity contribution in [2.45, 2.75) is 26.2 Å². The van der Waals surface area contributed by atoms with Crippen molar-refractivity contribution < 1.29 is 0 Å². The highest BCUT2D eigenvalue weighted by atomic mass is 14.6. The van der Waals surface area contributed by atoms with Crippen molar-refractivity contribution in [2.75, 3.05) is 0 Å². The molecular formula is C19H19N. The van der Waals surface area contributed by atoms with Gasteiger partial charge in [0.25, 0.3) is 0 Å². The maximum absolute atomic E-state index is 4.58. The molecule has 20 heavy (non-hydrogen) atoms. The number of para-hydroxylation sites is 1. The smallest absolute Gasteiger partial charge is 0.0780 e. The van der Waals surface area contributed by atoms with Crippen LogP contribution in [-0.2, 0) is 5.41 Å². The molecule has 0 spiro atoms. The maximum atomic E-state index is 4.58. The molecule has 0 aliphatic rings. The number of hydrogen-bond donors (Lipinski definition) is 0. The van der Waals surface area contributed by atoms with Crippen LogP contribution >= 0.6 is 0 Å². The zero-order chi connectivity index (χ0) is 14.2. The van der Waals surface area contributed by atoms with Gasteiger partial charge in [-0.25, -0.2) is 0 Å². The second-order valence-electron chi connectivity index (χ2n) is 6.18. The zero-order valence-corrected chi connectivity index (χ0v) is 12.2. The summed E-state index contributed by atoms with van der Waals surface area (Å²) in [6.07, 6.45) is 1.87. The topological polar surface area (TPSA) is 12.9 Å². The third-order valence-electron chi connectivity index (χ3n) is 3.66. The molecule has 0 aliphatic carbocycles. The Morgan fingerprint density at radius 3 is 2.25 bits per heavy atom. The third kappa shape index (κ3) is 2.20. The second-order valence-corrected chi connectivity index (χ2v) is 6.18. The first kappa shape index (κ1) is 12.9. The van der Waals surface area contributed by atoms with Gasteiger partial charge in [0, 0.05) is 17.1 Å². The summed E-state index contributed by atoms with van der Waals surface area (Å²) in [5.41, 5.74) is 5.05. The average Bonchev–Trinajstić information content (AvgIpc) is 2.46. The molecule has 0 bridgehead atoms. The van der Waals surface area contributed by atoms with E-state index in [4.69, 9.17) is 0 Å². The summed E-state index contributed by atoms with van der Waals surface area (Å²) >= 11 is 0. The van der Waals surface area contributed by atoms with E-state index in [-0.39, 0.29) is 5.41 Å². The van der Waals surface area contributed by atoms with E-state index in [2.05, 4.69) is 74.3 Å². The Balaban J connectivity index is 2.32. The summed E-state index contributed by atoms with van der Waals surface area (Å²) < 4.78 is 0. The van der Waals surface area contributed by atoms with E-state index in [1.807, 2.05) is 12.3 Å². The lowest BCUT2D eigenvalue weighted by atomic mass is 9.81. The van der Waals surface area contributed by atoms with Crippen molar-refractivity contribution in [1.29, 1.82) is 0 Å². The van der Waals surface area contributed by atoms with Gasteiger partial charge in [0.1, 0.15) is 0 Å². The molecule has 0 saturated heterocycles. The van der Waals surface area contributed by atoms with Crippen molar-refractivity contribution in [1.82, 2.24) is 4.98 Å². The Morgan fingerprint density at radius 2 is 1.45 bits per heavy atom. The second kappa shape index (κ2) is 4.75. The summed E-state index contributed by atoms with van der Waals surface area (Å²) in [4.78, 5) is 4.58. The maximum Gasteiger partial charge on any atom is 0.0780 e. The Hall–Kier alpha value is -2.15. The van der Waals surface area contributed by atoms with E-state index in [1.54, 1.807) is 0 Å². The lowest BCUT2D eigenvalue weighted by Gasteiger charge is -2.23. The molecule has 0 aliphatic heterocycles. The minimum Gasteiger partial charge on any atom is -0.256 e. The highest BCUT2D eigenvalue weighted by molar-refractivity contribution is 5.94. The molecule has 0 saturated carbocycles. The first-order chi connectivity index (χ1) is 9.57. The number of pyridine rings is 1. The fourth-order valence-corrected chi connectivity index (χ4v) is 2.69. The standard InChI is InChI=1S/C19H19N/c1-19(2,3)17-12-5-4-10-15(17)16-11-6-8-14-9-7-13-20-18(14)16/h4-13H,1-3H3. The number of aromatic nitrogens is 1. The molecule has 3 aromatic rings. The minimum atomic E-state index is 0.119. The monoisotopic (exact) mass is 261 g/mol. The molecule has 0 unspecified atom stereocenters. The van der Waals surface area contributed by atoms with Crippen LogP contribution in [0.1, 0.15) is 26.3 Å². The predicted octanol–water partition coefficient (Wildman–Crippen LogP) is 5.20. The normalized spacial score (nSPS) is 11.8. The van der Waals surface area contributed by atoms with Crippen LogP contribution in [0.3, 0.4) is 0 Å². The van der Waals surface area contributed by atoms with Gasteiger partial charge in [-0.1, -0.05) is 69.3 Å². The Labute approximate surface area is 120 Å². The average molecular weight is 261 g/mol. The highest BCUT2D eigenvalue weighted by Crippen LogP contribution is 2.35. The summed E-state index contributed by atoms with van der Waals surface area (Å²) in [7, 11) is 0. The molecule has 0 N–H and O–H groups in total. The number of benzene rings is 2. The van der Waals surface area contributed by atoms with Crippen LogP contribution < -0.4 is 0 Å². The van der Waals surface area contributed by atoms with Gasteiger partial charge in [0.2, 0.25) is 0 Å². The molecule has 100 valence electrons. The molecular weight excluding hydrogens is 242 g/mol. The van der Waals surface area contributed by atoms with Crippen LogP contribution in [0.4, 0.5) is 0 Å². The molecule has 0 amide bonds. The molecule has 0 fully saturated rings. The molecule has 0 radical (unpaired) electrons. The summed E-state index contributed by atoms with van der Waals surface area (Å²) in [5.74, 6) is 0. The van der Waals surface area contributed by atoms with Gasteiger partial charge < -0.3 is 0 Å². The molecule has 1 nitrogen and oxygen atoms in total. The molecule has 1 aromatic heterocycles.